The fourth-order valence-electron chi connectivity index (χ4n) is 1.28. The van der Waals surface area contributed by atoms with Gasteiger partial charge in [-0.25, -0.2) is 9.97 Å². The number of benzene rings is 1. The molecule has 4 nitrogen and oxygen atoms in total. The third-order valence-corrected chi connectivity index (χ3v) is 3.35. The largest absolute Gasteiger partial charge is 0.373 e. The first-order valence-electron chi connectivity index (χ1n) is 4.91. The Kier molecular flexibility index (Phi) is 3.81. The Bertz CT molecular complexity index is 533. The van der Waals surface area contributed by atoms with Crippen LogP contribution in [-0.2, 0) is 0 Å². The van der Waals surface area contributed by atoms with Gasteiger partial charge in [0.2, 0.25) is 0 Å². The summed E-state index contributed by atoms with van der Waals surface area (Å²) in [5.41, 5.74) is 0.874. The topological polar surface area (TPSA) is 49.8 Å². The predicted octanol–water partition coefficient (Wildman–Crippen LogP) is 3.68. The van der Waals surface area contributed by atoms with Crippen LogP contribution in [0.25, 0.3) is 0 Å². The molecule has 0 aliphatic heterocycles. The molecule has 0 aliphatic carbocycles. The summed E-state index contributed by atoms with van der Waals surface area (Å²) in [5, 5.41) is 6.75. The van der Waals surface area contributed by atoms with Gasteiger partial charge < -0.3 is 10.6 Å². The molecular formula is C11H10BrClN4. The van der Waals surface area contributed by atoms with Crippen LogP contribution < -0.4 is 10.6 Å². The minimum absolute atomic E-state index is 0.651. The van der Waals surface area contributed by atoms with Gasteiger partial charge in [-0.1, -0.05) is 11.6 Å². The molecule has 0 atom stereocenters. The second-order valence-electron chi connectivity index (χ2n) is 3.29. The molecule has 0 fully saturated rings. The molecule has 2 N–H and O–H groups in total. The van der Waals surface area contributed by atoms with Crippen molar-refractivity contribution >= 4 is 44.9 Å². The van der Waals surface area contributed by atoms with E-state index in [1.165, 1.54) is 6.33 Å². The Morgan fingerprint density at radius 2 is 1.94 bits per heavy atom. The van der Waals surface area contributed by atoms with Crippen molar-refractivity contribution in [3.8, 4) is 0 Å². The molecule has 0 aliphatic rings. The van der Waals surface area contributed by atoms with Gasteiger partial charge in [-0.2, -0.15) is 0 Å². The average molecular weight is 314 g/mol. The number of rotatable bonds is 3. The molecule has 1 aromatic carbocycles. The van der Waals surface area contributed by atoms with Gasteiger partial charge in [0.1, 0.15) is 18.0 Å². The van der Waals surface area contributed by atoms with Gasteiger partial charge in [-0.15, -0.1) is 0 Å². The highest BCUT2D eigenvalue weighted by Crippen LogP contribution is 2.27. The monoisotopic (exact) mass is 312 g/mol. The summed E-state index contributed by atoms with van der Waals surface area (Å²) in [7, 11) is 1.81. The second-order valence-corrected chi connectivity index (χ2v) is 4.55. The number of aromatic nitrogens is 2. The SMILES string of the molecule is CNc1cc(Nc2ccc(Br)c(Cl)c2)ncn1. The average Bonchev–Trinajstić information content (AvgIpc) is 2.34. The van der Waals surface area contributed by atoms with Crippen LogP contribution in [0.4, 0.5) is 17.3 Å². The number of nitrogens with one attached hydrogen (secondary N) is 2. The van der Waals surface area contributed by atoms with Gasteiger partial charge in [0, 0.05) is 23.3 Å². The minimum atomic E-state index is 0.651. The highest BCUT2D eigenvalue weighted by molar-refractivity contribution is 9.10. The number of hydrogen-bond acceptors (Lipinski definition) is 4. The molecule has 0 unspecified atom stereocenters. The lowest BCUT2D eigenvalue weighted by atomic mass is 10.3. The fraction of sp³-hybridized carbons (Fsp3) is 0.0909. The Hall–Kier alpha value is -1.33. The first kappa shape index (κ1) is 12.1. The normalized spacial score (nSPS) is 10.1. The molecule has 0 radical (unpaired) electrons. The molecule has 1 aromatic heterocycles. The highest BCUT2D eigenvalue weighted by Gasteiger charge is 2.01. The van der Waals surface area contributed by atoms with Crippen LogP contribution in [0.1, 0.15) is 0 Å². The molecule has 0 saturated heterocycles. The third-order valence-electron chi connectivity index (χ3n) is 2.12. The van der Waals surface area contributed by atoms with Gasteiger partial charge in [-0.05, 0) is 34.1 Å². The first-order valence-corrected chi connectivity index (χ1v) is 6.08. The predicted molar refractivity (Wildman–Crippen MR) is 74.0 cm³/mol. The Morgan fingerprint density at radius 1 is 1.18 bits per heavy atom. The summed E-state index contributed by atoms with van der Waals surface area (Å²) in [5.74, 6) is 1.47. The molecule has 17 heavy (non-hydrogen) atoms. The number of anilines is 3. The standard InChI is InChI=1S/C11H10BrClN4/c1-14-10-5-11(16-6-15-10)17-7-2-3-8(12)9(13)4-7/h2-6H,1H3,(H2,14,15,16,17). The molecule has 1 heterocycles. The van der Waals surface area contributed by atoms with E-state index in [1.54, 1.807) is 0 Å². The lowest BCUT2D eigenvalue weighted by Crippen LogP contribution is -1.97. The van der Waals surface area contributed by atoms with E-state index in [0.717, 1.165) is 16.0 Å². The van der Waals surface area contributed by atoms with E-state index in [2.05, 4.69) is 36.5 Å². The summed E-state index contributed by atoms with van der Waals surface area (Å²) in [6, 6.07) is 7.44. The van der Waals surface area contributed by atoms with Crippen LogP contribution >= 0.6 is 27.5 Å². The molecule has 2 rings (SSSR count). The first-order chi connectivity index (χ1) is 8.19. The zero-order valence-electron chi connectivity index (χ0n) is 9.04. The molecule has 0 spiro atoms. The molecule has 2 aromatic rings. The van der Waals surface area contributed by atoms with Crippen molar-refractivity contribution in [2.45, 2.75) is 0 Å². The third kappa shape index (κ3) is 3.08. The van der Waals surface area contributed by atoms with Gasteiger partial charge in [0.25, 0.3) is 0 Å². The lowest BCUT2D eigenvalue weighted by molar-refractivity contribution is 1.16. The van der Waals surface area contributed by atoms with Crippen molar-refractivity contribution in [3.05, 3.63) is 40.1 Å². The number of nitrogens with zero attached hydrogens (tertiary/aromatic N) is 2. The molecule has 0 bridgehead atoms. The minimum Gasteiger partial charge on any atom is -0.373 e. The molecule has 0 amide bonds. The summed E-state index contributed by atoms with van der Waals surface area (Å²) in [6.07, 6.45) is 1.49. The van der Waals surface area contributed by atoms with Crippen molar-refractivity contribution in [1.29, 1.82) is 0 Å². The second kappa shape index (κ2) is 5.33. The van der Waals surface area contributed by atoms with Gasteiger partial charge >= 0.3 is 0 Å². The number of halogens is 2. The summed E-state index contributed by atoms with van der Waals surface area (Å²) in [6.45, 7) is 0. The van der Waals surface area contributed by atoms with Crippen molar-refractivity contribution < 1.29 is 0 Å². The van der Waals surface area contributed by atoms with Crippen LogP contribution in [0.15, 0.2) is 35.1 Å². The maximum absolute atomic E-state index is 6.01. The van der Waals surface area contributed by atoms with E-state index in [4.69, 9.17) is 11.6 Å². The Balaban J connectivity index is 2.22. The van der Waals surface area contributed by atoms with Gasteiger partial charge in [0.05, 0.1) is 5.02 Å². The van der Waals surface area contributed by atoms with Gasteiger partial charge in [0.15, 0.2) is 0 Å². The van der Waals surface area contributed by atoms with Crippen molar-refractivity contribution in [2.24, 2.45) is 0 Å². The lowest BCUT2D eigenvalue weighted by Gasteiger charge is -2.07. The van der Waals surface area contributed by atoms with Crippen molar-refractivity contribution in [3.63, 3.8) is 0 Å². The maximum Gasteiger partial charge on any atom is 0.135 e. The van der Waals surface area contributed by atoms with Crippen molar-refractivity contribution in [1.82, 2.24) is 9.97 Å². The summed E-state index contributed by atoms with van der Waals surface area (Å²) >= 11 is 9.35. The fourth-order valence-corrected chi connectivity index (χ4v) is 1.71. The van der Waals surface area contributed by atoms with Crippen LogP contribution in [0.2, 0.25) is 5.02 Å². The maximum atomic E-state index is 6.01. The van der Waals surface area contributed by atoms with E-state index >= 15 is 0 Å². The summed E-state index contributed by atoms with van der Waals surface area (Å²) in [4.78, 5) is 8.15. The number of hydrogen-bond donors (Lipinski definition) is 2. The van der Waals surface area contributed by atoms with E-state index in [1.807, 2.05) is 31.3 Å². The Labute approximate surface area is 113 Å². The molecule has 88 valence electrons. The zero-order chi connectivity index (χ0) is 12.3. The van der Waals surface area contributed by atoms with Crippen LogP contribution in [0.5, 0.6) is 0 Å². The van der Waals surface area contributed by atoms with Crippen LogP contribution in [0, 0.1) is 0 Å². The zero-order valence-corrected chi connectivity index (χ0v) is 11.4. The van der Waals surface area contributed by atoms with E-state index in [-0.39, 0.29) is 0 Å². The molecule has 6 heteroatoms. The van der Waals surface area contributed by atoms with Crippen LogP contribution in [0.3, 0.4) is 0 Å². The molecular weight excluding hydrogens is 304 g/mol. The Morgan fingerprint density at radius 3 is 2.65 bits per heavy atom. The van der Waals surface area contributed by atoms with Gasteiger partial charge in [-0.3, -0.25) is 0 Å². The molecule has 0 saturated carbocycles. The highest BCUT2D eigenvalue weighted by atomic mass is 79.9. The van der Waals surface area contributed by atoms with Crippen LogP contribution in [-0.4, -0.2) is 17.0 Å². The summed E-state index contributed by atoms with van der Waals surface area (Å²) < 4.78 is 0.864. The van der Waals surface area contributed by atoms with E-state index in [9.17, 15) is 0 Å². The smallest absolute Gasteiger partial charge is 0.135 e. The van der Waals surface area contributed by atoms with E-state index in [0.29, 0.717) is 10.8 Å². The van der Waals surface area contributed by atoms with Crippen molar-refractivity contribution in [2.75, 3.05) is 17.7 Å². The van der Waals surface area contributed by atoms with E-state index < -0.39 is 0 Å². The quantitative estimate of drug-likeness (QED) is 0.907.